The zero-order valence-electron chi connectivity index (χ0n) is 11.4. The van der Waals surface area contributed by atoms with Crippen molar-refractivity contribution < 1.29 is 9.15 Å². The van der Waals surface area contributed by atoms with Crippen molar-refractivity contribution in [2.24, 2.45) is 0 Å². The highest BCUT2D eigenvalue weighted by Gasteiger charge is 2.14. The summed E-state index contributed by atoms with van der Waals surface area (Å²) >= 11 is 0. The van der Waals surface area contributed by atoms with E-state index in [0.717, 1.165) is 31.8 Å². The molecule has 1 saturated carbocycles. The number of furan rings is 1. The van der Waals surface area contributed by atoms with Crippen LogP contribution in [0.15, 0.2) is 22.8 Å². The Morgan fingerprint density at radius 1 is 1.44 bits per heavy atom. The molecule has 1 aromatic heterocycles. The van der Waals surface area contributed by atoms with Gasteiger partial charge in [-0.3, -0.25) is 0 Å². The van der Waals surface area contributed by atoms with Gasteiger partial charge in [0.1, 0.15) is 5.76 Å². The van der Waals surface area contributed by atoms with Crippen LogP contribution in [0.2, 0.25) is 0 Å². The summed E-state index contributed by atoms with van der Waals surface area (Å²) in [7, 11) is 0. The van der Waals surface area contributed by atoms with Crippen molar-refractivity contribution >= 4 is 0 Å². The van der Waals surface area contributed by atoms with E-state index < -0.39 is 0 Å². The lowest BCUT2D eigenvalue weighted by Crippen LogP contribution is -2.30. The monoisotopic (exact) mass is 251 g/mol. The molecule has 3 nitrogen and oxygen atoms in total. The molecule has 0 aromatic carbocycles. The zero-order valence-corrected chi connectivity index (χ0v) is 11.4. The Bertz CT molecular complexity index is 304. The van der Waals surface area contributed by atoms with Crippen molar-refractivity contribution in [1.29, 1.82) is 0 Å². The van der Waals surface area contributed by atoms with Crippen molar-refractivity contribution in [1.82, 2.24) is 5.32 Å². The lowest BCUT2D eigenvalue weighted by Gasteiger charge is -2.15. The van der Waals surface area contributed by atoms with Gasteiger partial charge in [-0.1, -0.05) is 12.8 Å². The highest BCUT2D eigenvalue weighted by Crippen LogP contribution is 2.20. The molecule has 0 spiro atoms. The van der Waals surface area contributed by atoms with Gasteiger partial charge in [-0.2, -0.15) is 0 Å². The van der Waals surface area contributed by atoms with Crippen molar-refractivity contribution in [3.05, 3.63) is 24.2 Å². The summed E-state index contributed by atoms with van der Waals surface area (Å²) in [4.78, 5) is 0. The smallest absolute Gasteiger partial charge is 0.103 e. The SMILES string of the molecule is CC(CCc1ccco1)NCCOC1CCCC1. The first-order valence-corrected chi connectivity index (χ1v) is 7.22. The molecule has 1 N–H and O–H groups in total. The summed E-state index contributed by atoms with van der Waals surface area (Å²) < 4.78 is 11.1. The number of hydrogen-bond donors (Lipinski definition) is 1. The van der Waals surface area contributed by atoms with Gasteiger partial charge in [0.05, 0.1) is 19.0 Å². The first-order valence-electron chi connectivity index (χ1n) is 7.22. The van der Waals surface area contributed by atoms with Gasteiger partial charge in [0.25, 0.3) is 0 Å². The van der Waals surface area contributed by atoms with Crippen molar-refractivity contribution in [3.8, 4) is 0 Å². The molecule has 0 amide bonds. The first kappa shape index (κ1) is 13.6. The second kappa shape index (κ2) is 7.59. The van der Waals surface area contributed by atoms with Gasteiger partial charge in [0.2, 0.25) is 0 Å². The molecule has 1 atom stereocenters. The lowest BCUT2D eigenvalue weighted by atomic mass is 10.1. The van der Waals surface area contributed by atoms with Crippen molar-refractivity contribution in [2.75, 3.05) is 13.2 Å². The Morgan fingerprint density at radius 2 is 2.28 bits per heavy atom. The third kappa shape index (κ3) is 4.83. The van der Waals surface area contributed by atoms with E-state index in [1.807, 2.05) is 12.1 Å². The Hall–Kier alpha value is -0.800. The zero-order chi connectivity index (χ0) is 12.6. The van der Waals surface area contributed by atoms with Gasteiger partial charge in [0.15, 0.2) is 0 Å². The highest BCUT2D eigenvalue weighted by atomic mass is 16.5. The lowest BCUT2D eigenvalue weighted by molar-refractivity contribution is 0.0592. The summed E-state index contributed by atoms with van der Waals surface area (Å²) in [6, 6.07) is 4.50. The summed E-state index contributed by atoms with van der Waals surface area (Å²) in [5, 5.41) is 3.50. The van der Waals surface area contributed by atoms with E-state index >= 15 is 0 Å². The maximum atomic E-state index is 5.82. The summed E-state index contributed by atoms with van der Waals surface area (Å²) in [5.41, 5.74) is 0. The Morgan fingerprint density at radius 3 is 3.00 bits per heavy atom. The van der Waals surface area contributed by atoms with E-state index in [1.165, 1.54) is 25.7 Å². The minimum atomic E-state index is 0.516. The quantitative estimate of drug-likeness (QED) is 0.721. The number of hydrogen-bond acceptors (Lipinski definition) is 3. The fourth-order valence-electron chi connectivity index (χ4n) is 2.50. The van der Waals surface area contributed by atoms with Gasteiger partial charge in [-0.25, -0.2) is 0 Å². The molecule has 0 aliphatic heterocycles. The van der Waals surface area contributed by atoms with Gasteiger partial charge < -0.3 is 14.5 Å². The number of rotatable bonds is 8. The summed E-state index contributed by atoms with van der Waals surface area (Å²) in [6.07, 6.45) is 9.59. The molecule has 0 radical (unpaired) electrons. The third-order valence-corrected chi connectivity index (χ3v) is 3.65. The van der Waals surface area contributed by atoms with Crippen LogP contribution in [-0.2, 0) is 11.2 Å². The van der Waals surface area contributed by atoms with E-state index in [2.05, 4.69) is 12.2 Å². The molecule has 1 unspecified atom stereocenters. The van der Waals surface area contributed by atoms with Gasteiger partial charge in [0, 0.05) is 19.0 Å². The van der Waals surface area contributed by atoms with Crippen LogP contribution in [-0.4, -0.2) is 25.3 Å². The molecule has 1 aromatic rings. The maximum Gasteiger partial charge on any atom is 0.103 e. The standard InChI is InChI=1S/C15H25NO2/c1-13(8-9-15-7-4-11-17-15)16-10-12-18-14-5-2-3-6-14/h4,7,11,13-14,16H,2-3,5-6,8-10,12H2,1H3. The average Bonchev–Trinajstić information content (AvgIpc) is 3.04. The van der Waals surface area contributed by atoms with Gasteiger partial charge in [-0.15, -0.1) is 0 Å². The molecular formula is C15H25NO2. The minimum Gasteiger partial charge on any atom is -0.469 e. The minimum absolute atomic E-state index is 0.516. The van der Waals surface area contributed by atoms with E-state index in [4.69, 9.17) is 9.15 Å². The Kier molecular flexibility index (Phi) is 5.75. The molecule has 0 bridgehead atoms. The van der Waals surface area contributed by atoms with Crippen LogP contribution in [0.25, 0.3) is 0 Å². The van der Waals surface area contributed by atoms with Crippen LogP contribution in [0, 0.1) is 0 Å². The van der Waals surface area contributed by atoms with E-state index in [1.54, 1.807) is 6.26 Å². The topological polar surface area (TPSA) is 34.4 Å². The number of aryl methyl sites for hydroxylation is 1. The first-order chi connectivity index (χ1) is 8.84. The van der Waals surface area contributed by atoms with Gasteiger partial charge >= 0.3 is 0 Å². The fraction of sp³-hybridized carbons (Fsp3) is 0.733. The van der Waals surface area contributed by atoms with Crippen LogP contribution < -0.4 is 5.32 Å². The van der Waals surface area contributed by atoms with Crippen LogP contribution in [0.1, 0.15) is 44.8 Å². The normalized spacial score (nSPS) is 18.3. The summed E-state index contributed by atoms with van der Waals surface area (Å²) in [5.74, 6) is 1.07. The average molecular weight is 251 g/mol. The molecule has 1 heterocycles. The van der Waals surface area contributed by atoms with Crippen molar-refractivity contribution in [3.63, 3.8) is 0 Å². The van der Waals surface area contributed by atoms with Crippen LogP contribution in [0.4, 0.5) is 0 Å². The van der Waals surface area contributed by atoms with E-state index in [9.17, 15) is 0 Å². The molecular weight excluding hydrogens is 226 g/mol. The second-order valence-corrected chi connectivity index (χ2v) is 5.25. The summed E-state index contributed by atoms with van der Waals surface area (Å²) in [6.45, 7) is 4.02. The Labute approximate surface area is 110 Å². The molecule has 0 saturated heterocycles. The van der Waals surface area contributed by atoms with Crippen molar-refractivity contribution in [2.45, 2.75) is 57.6 Å². The number of ether oxygens (including phenoxy) is 1. The van der Waals surface area contributed by atoms with E-state index in [-0.39, 0.29) is 0 Å². The molecule has 18 heavy (non-hydrogen) atoms. The fourth-order valence-corrected chi connectivity index (χ4v) is 2.50. The van der Waals surface area contributed by atoms with Crippen LogP contribution in [0.5, 0.6) is 0 Å². The molecule has 1 aliphatic carbocycles. The van der Waals surface area contributed by atoms with E-state index in [0.29, 0.717) is 12.1 Å². The predicted molar refractivity (Wildman–Crippen MR) is 72.7 cm³/mol. The maximum absolute atomic E-state index is 5.82. The molecule has 1 aliphatic rings. The molecule has 102 valence electrons. The molecule has 2 rings (SSSR count). The largest absolute Gasteiger partial charge is 0.469 e. The predicted octanol–water partition coefficient (Wildman–Crippen LogP) is 3.15. The second-order valence-electron chi connectivity index (χ2n) is 5.25. The van der Waals surface area contributed by atoms with Crippen LogP contribution in [0.3, 0.4) is 0 Å². The Balaban J connectivity index is 1.48. The highest BCUT2D eigenvalue weighted by molar-refractivity contribution is 4.98. The van der Waals surface area contributed by atoms with Gasteiger partial charge in [-0.05, 0) is 38.3 Å². The number of nitrogens with one attached hydrogen (secondary N) is 1. The third-order valence-electron chi connectivity index (χ3n) is 3.65. The molecule has 1 fully saturated rings. The van der Waals surface area contributed by atoms with Crippen LogP contribution >= 0.6 is 0 Å². The molecule has 3 heteroatoms.